The van der Waals surface area contributed by atoms with E-state index in [-0.39, 0.29) is 12.0 Å². The number of hydrogen-bond acceptors (Lipinski definition) is 3. The van der Waals surface area contributed by atoms with Crippen LogP contribution in [0.2, 0.25) is 0 Å². The summed E-state index contributed by atoms with van der Waals surface area (Å²) in [6, 6.07) is 12.5. The molecule has 138 valence electrons. The lowest BCUT2D eigenvalue weighted by Gasteiger charge is -2.25. The number of amides is 1. The van der Waals surface area contributed by atoms with Gasteiger partial charge in [-0.05, 0) is 36.2 Å². The Balaban J connectivity index is 1.80. The molecule has 1 aliphatic rings. The van der Waals surface area contributed by atoms with Crippen molar-refractivity contribution in [2.24, 2.45) is 0 Å². The Morgan fingerprint density at radius 2 is 1.93 bits per heavy atom. The van der Waals surface area contributed by atoms with Gasteiger partial charge in [-0.25, -0.2) is 4.68 Å². The molecule has 3 aromatic rings. The number of nitrogens with one attached hydrogen (secondary N) is 1. The highest BCUT2D eigenvalue weighted by Crippen LogP contribution is 2.36. The Hall–Kier alpha value is -3.29. The molecule has 27 heavy (non-hydrogen) atoms. The molecule has 0 aliphatic carbocycles. The van der Waals surface area contributed by atoms with Crippen LogP contribution in [0.15, 0.2) is 54.7 Å². The molecular formula is C19H15F3N4O. The van der Waals surface area contributed by atoms with Gasteiger partial charge in [0, 0.05) is 23.0 Å². The molecule has 0 saturated heterocycles. The van der Waals surface area contributed by atoms with Crippen LogP contribution in [0.25, 0.3) is 5.69 Å². The number of nitrogens with two attached hydrogens (primary N) is 1. The predicted molar refractivity (Wildman–Crippen MR) is 93.3 cm³/mol. The minimum absolute atomic E-state index is 0.0761. The smallest absolute Gasteiger partial charge is 0.399 e. The molecule has 1 aromatic heterocycles. The molecule has 1 amide bonds. The third-order valence-corrected chi connectivity index (χ3v) is 4.51. The lowest BCUT2D eigenvalue weighted by molar-refractivity contribution is -0.142. The number of carbonyl (C=O) groups is 1. The maximum Gasteiger partial charge on any atom is 0.435 e. The fourth-order valence-electron chi connectivity index (χ4n) is 3.28. The number of nitrogens with zero attached hydrogens (tertiary/aromatic N) is 2. The van der Waals surface area contributed by atoms with Gasteiger partial charge in [-0.15, -0.1) is 0 Å². The average molecular weight is 372 g/mol. The molecule has 0 bridgehead atoms. The zero-order chi connectivity index (χ0) is 19.2. The Kier molecular flexibility index (Phi) is 3.91. The minimum Gasteiger partial charge on any atom is -0.399 e. The van der Waals surface area contributed by atoms with E-state index < -0.39 is 23.8 Å². The SMILES string of the molecule is Nc1cccc(-n2cc(C3Cc4ccccc4C(=O)N3)c(C(F)(F)F)n2)c1. The number of aromatic nitrogens is 2. The summed E-state index contributed by atoms with van der Waals surface area (Å²) in [7, 11) is 0. The molecule has 1 aliphatic heterocycles. The van der Waals surface area contributed by atoms with Crippen molar-refractivity contribution in [3.63, 3.8) is 0 Å². The van der Waals surface area contributed by atoms with Gasteiger partial charge in [-0.1, -0.05) is 24.3 Å². The van der Waals surface area contributed by atoms with Gasteiger partial charge in [0.1, 0.15) is 0 Å². The highest BCUT2D eigenvalue weighted by atomic mass is 19.4. The first-order valence-corrected chi connectivity index (χ1v) is 8.24. The van der Waals surface area contributed by atoms with Gasteiger partial charge in [-0.2, -0.15) is 18.3 Å². The number of carbonyl (C=O) groups excluding carboxylic acids is 1. The van der Waals surface area contributed by atoms with Gasteiger partial charge in [0.25, 0.3) is 5.91 Å². The zero-order valence-corrected chi connectivity index (χ0v) is 14.0. The van der Waals surface area contributed by atoms with Gasteiger partial charge >= 0.3 is 6.18 Å². The third kappa shape index (κ3) is 3.14. The standard InChI is InChI=1S/C19H15F3N4O/c20-19(21,22)17-15(10-26(25-17)13-6-3-5-12(23)9-13)16-8-11-4-1-2-7-14(11)18(27)24-16/h1-7,9-10,16H,8,23H2,(H,24,27). The summed E-state index contributed by atoms with van der Waals surface area (Å²) in [5, 5.41) is 6.39. The second kappa shape index (κ2) is 6.15. The Morgan fingerprint density at radius 1 is 1.15 bits per heavy atom. The first-order chi connectivity index (χ1) is 12.8. The summed E-state index contributed by atoms with van der Waals surface area (Å²) in [4.78, 5) is 12.3. The molecule has 0 fully saturated rings. The zero-order valence-electron chi connectivity index (χ0n) is 14.0. The van der Waals surface area contributed by atoms with Crippen LogP contribution in [0, 0.1) is 0 Å². The number of alkyl halides is 3. The van der Waals surface area contributed by atoms with Crippen molar-refractivity contribution in [1.29, 1.82) is 0 Å². The van der Waals surface area contributed by atoms with Crippen LogP contribution in [-0.2, 0) is 12.6 Å². The molecule has 1 atom stereocenters. The van der Waals surface area contributed by atoms with Crippen LogP contribution in [0.3, 0.4) is 0 Å². The van der Waals surface area contributed by atoms with Gasteiger partial charge in [-0.3, -0.25) is 4.79 Å². The molecule has 0 saturated carbocycles. The fraction of sp³-hybridized carbons (Fsp3) is 0.158. The first kappa shape index (κ1) is 17.1. The molecule has 5 nitrogen and oxygen atoms in total. The monoisotopic (exact) mass is 372 g/mol. The van der Waals surface area contributed by atoms with Gasteiger partial charge in [0.05, 0.1) is 11.7 Å². The number of halogens is 3. The normalized spacial score (nSPS) is 16.7. The van der Waals surface area contributed by atoms with Crippen molar-refractivity contribution in [2.75, 3.05) is 5.73 Å². The summed E-state index contributed by atoms with van der Waals surface area (Å²) in [5.74, 6) is -0.397. The fourth-order valence-corrected chi connectivity index (χ4v) is 3.28. The largest absolute Gasteiger partial charge is 0.435 e. The summed E-state index contributed by atoms with van der Waals surface area (Å²) < 4.78 is 41.9. The van der Waals surface area contributed by atoms with E-state index in [1.54, 1.807) is 42.5 Å². The van der Waals surface area contributed by atoms with E-state index in [0.717, 1.165) is 4.68 Å². The summed E-state index contributed by atoms with van der Waals surface area (Å²) in [6.45, 7) is 0. The molecule has 8 heteroatoms. The third-order valence-electron chi connectivity index (χ3n) is 4.51. The maximum atomic E-state index is 13.6. The first-order valence-electron chi connectivity index (χ1n) is 8.24. The molecule has 0 radical (unpaired) electrons. The molecule has 2 aromatic carbocycles. The minimum atomic E-state index is -4.65. The van der Waals surface area contributed by atoms with Crippen molar-refractivity contribution in [1.82, 2.24) is 15.1 Å². The van der Waals surface area contributed by atoms with E-state index in [9.17, 15) is 18.0 Å². The van der Waals surface area contributed by atoms with Gasteiger partial charge < -0.3 is 11.1 Å². The van der Waals surface area contributed by atoms with E-state index in [1.807, 2.05) is 0 Å². The lowest BCUT2D eigenvalue weighted by Crippen LogP contribution is -2.36. The molecule has 4 rings (SSSR count). The van der Waals surface area contributed by atoms with Crippen LogP contribution in [-0.4, -0.2) is 15.7 Å². The van der Waals surface area contributed by atoms with Crippen molar-refractivity contribution in [3.05, 3.63) is 77.1 Å². The van der Waals surface area contributed by atoms with E-state index in [2.05, 4.69) is 10.4 Å². The predicted octanol–water partition coefficient (Wildman–Crippen LogP) is 3.50. The average Bonchev–Trinajstić information content (AvgIpc) is 3.08. The topological polar surface area (TPSA) is 72.9 Å². The van der Waals surface area contributed by atoms with Crippen LogP contribution in [0.1, 0.15) is 33.2 Å². The highest BCUT2D eigenvalue weighted by molar-refractivity contribution is 5.97. The van der Waals surface area contributed by atoms with Crippen LogP contribution < -0.4 is 11.1 Å². The lowest BCUT2D eigenvalue weighted by atomic mass is 9.91. The molecular weight excluding hydrogens is 357 g/mol. The summed E-state index contributed by atoms with van der Waals surface area (Å²) >= 11 is 0. The van der Waals surface area contributed by atoms with Gasteiger partial charge in [0.15, 0.2) is 5.69 Å². The van der Waals surface area contributed by atoms with Crippen LogP contribution in [0.4, 0.5) is 18.9 Å². The van der Waals surface area contributed by atoms with Crippen molar-refractivity contribution < 1.29 is 18.0 Å². The summed E-state index contributed by atoms with van der Waals surface area (Å²) in [5.41, 5.74) is 6.63. The van der Waals surface area contributed by atoms with Crippen LogP contribution in [0.5, 0.6) is 0 Å². The molecule has 2 heterocycles. The Morgan fingerprint density at radius 3 is 2.67 bits per heavy atom. The Bertz CT molecular complexity index is 1030. The molecule has 3 N–H and O–H groups in total. The van der Waals surface area contributed by atoms with Crippen molar-refractivity contribution in [3.8, 4) is 5.69 Å². The van der Waals surface area contributed by atoms with E-state index in [4.69, 9.17) is 5.73 Å². The van der Waals surface area contributed by atoms with E-state index >= 15 is 0 Å². The number of anilines is 1. The number of nitrogen functional groups attached to an aromatic ring is 1. The highest BCUT2D eigenvalue weighted by Gasteiger charge is 2.40. The number of fused-ring (bicyclic) bond motifs is 1. The second-order valence-corrected chi connectivity index (χ2v) is 6.36. The second-order valence-electron chi connectivity index (χ2n) is 6.36. The number of benzene rings is 2. The summed E-state index contributed by atoms with van der Waals surface area (Å²) in [6.07, 6.45) is -3.09. The molecule has 1 unspecified atom stereocenters. The van der Waals surface area contributed by atoms with Gasteiger partial charge in [0.2, 0.25) is 0 Å². The number of hydrogen-bond donors (Lipinski definition) is 2. The Labute approximate surface area is 152 Å². The number of rotatable bonds is 2. The van der Waals surface area contributed by atoms with Crippen molar-refractivity contribution >= 4 is 11.6 Å². The quantitative estimate of drug-likeness (QED) is 0.677. The van der Waals surface area contributed by atoms with Crippen LogP contribution >= 0.6 is 0 Å². The maximum absolute atomic E-state index is 13.6. The van der Waals surface area contributed by atoms with Crippen molar-refractivity contribution in [2.45, 2.75) is 18.6 Å². The van der Waals surface area contributed by atoms with E-state index in [1.165, 1.54) is 12.3 Å². The molecule has 0 spiro atoms. The van der Waals surface area contributed by atoms with E-state index in [0.29, 0.717) is 22.5 Å².